The number of amides is 1. The van der Waals surface area contributed by atoms with Gasteiger partial charge in [-0.1, -0.05) is 11.6 Å². The number of nitro benzene ring substituents is 1. The summed E-state index contributed by atoms with van der Waals surface area (Å²) in [4.78, 5) is 31.3. The molecule has 0 unspecified atom stereocenters. The molecule has 10 nitrogen and oxygen atoms in total. The third-order valence-corrected chi connectivity index (χ3v) is 5.71. The molecule has 3 aromatic rings. The highest BCUT2D eigenvalue weighted by atomic mass is 79.9. The molecule has 0 saturated carbocycles. The van der Waals surface area contributed by atoms with E-state index in [1.807, 2.05) is 0 Å². The van der Waals surface area contributed by atoms with Crippen molar-refractivity contribution in [2.45, 2.75) is 39.3 Å². The van der Waals surface area contributed by atoms with Crippen molar-refractivity contribution in [2.24, 2.45) is 0 Å². The van der Waals surface area contributed by atoms with Crippen LogP contribution in [-0.2, 0) is 4.74 Å². The van der Waals surface area contributed by atoms with Crippen molar-refractivity contribution in [2.75, 3.05) is 11.9 Å². The number of ether oxygens (including phenoxy) is 2. The van der Waals surface area contributed by atoms with E-state index in [1.54, 1.807) is 33.8 Å². The average molecular weight is 571 g/mol. The number of halogens is 3. The smallest absolute Gasteiger partial charge is 0.407 e. The second-order valence-corrected chi connectivity index (χ2v) is 9.75. The van der Waals surface area contributed by atoms with Crippen LogP contribution in [0.3, 0.4) is 0 Å². The quantitative estimate of drug-likeness (QED) is 0.197. The largest absolute Gasteiger partial charge is 0.485 e. The van der Waals surface area contributed by atoms with E-state index in [9.17, 15) is 19.3 Å². The summed E-state index contributed by atoms with van der Waals surface area (Å²) in [5, 5.41) is 17.3. The third kappa shape index (κ3) is 6.67. The fraction of sp³-hybridized carbons (Fsp3) is 0.318. The molecule has 0 fully saturated rings. The van der Waals surface area contributed by atoms with Crippen LogP contribution in [0.4, 0.5) is 26.4 Å². The molecule has 35 heavy (non-hydrogen) atoms. The number of aromatic nitrogens is 2. The number of rotatable bonds is 7. The Kier molecular flexibility index (Phi) is 7.96. The summed E-state index contributed by atoms with van der Waals surface area (Å²) >= 11 is 9.09. The molecule has 1 aromatic heterocycles. The van der Waals surface area contributed by atoms with Gasteiger partial charge in [-0.25, -0.2) is 19.2 Å². The van der Waals surface area contributed by atoms with Crippen molar-refractivity contribution in [1.82, 2.24) is 15.3 Å². The van der Waals surface area contributed by atoms with Crippen molar-refractivity contribution < 1.29 is 23.6 Å². The maximum absolute atomic E-state index is 14.5. The fourth-order valence-corrected chi connectivity index (χ4v) is 3.42. The van der Waals surface area contributed by atoms with Crippen LogP contribution >= 0.6 is 27.5 Å². The predicted molar refractivity (Wildman–Crippen MR) is 133 cm³/mol. The molecule has 3 rings (SSSR count). The number of carbonyl (C=O) groups excluding carboxylic acids is 1. The zero-order chi connectivity index (χ0) is 25.9. The van der Waals surface area contributed by atoms with Gasteiger partial charge in [-0.05, 0) is 55.8 Å². The molecule has 0 radical (unpaired) electrons. The summed E-state index contributed by atoms with van der Waals surface area (Å²) in [5.74, 6) is -0.626. The van der Waals surface area contributed by atoms with Crippen LogP contribution in [0.1, 0.15) is 27.7 Å². The minimum atomic E-state index is -0.714. The maximum Gasteiger partial charge on any atom is 0.407 e. The molecule has 0 aliphatic carbocycles. The minimum absolute atomic E-state index is 0.0308. The molecule has 0 spiro atoms. The lowest BCUT2D eigenvalue weighted by atomic mass is 10.2. The van der Waals surface area contributed by atoms with Crippen LogP contribution < -0.4 is 15.4 Å². The number of nitro groups is 1. The minimum Gasteiger partial charge on any atom is -0.485 e. The number of nitrogens with zero attached hydrogens (tertiary/aromatic N) is 3. The summed E-state index contributed by atoms with van der Waals surface area (Å²) in [5.41, 5.74) is -0.672. The molecule has 1 amide bonds. The van der Waals surface area contributed by atoms with Gasteiger partial charge < -0.3 is 20.1 Å². The first-order valence-electron chi connectivity index (χ1n) is 10.3. The molecule has 0 aliphatic rings. The molecule has 2 N–H and O–H groups in total. The van der Waals surface area contributed by atoms with Crippen molar-refractivity contribution in [3.05, 3.63) is 56.0 Å². The molecule has 0 saturated heterocycles. The first kappa shape index (κ1) is 26.4. The second kappa shape index (κ2) is 10.6. The van der Waals surface area contributed by atoms with Crippen molar-refractivity contribution >= 4 is 61.7 Å². The molecule has 1 atom stereocenters. The molecule has 186 valence electrons. The van der Waals surface area contributed by atoms with Crippen LogP contribution in [-0.4, -0.2) is 39.2 Å². The first-order chi connectivity index (χ1) is 16.4. The molecule has 13 heteroatoms. The molecule has 0 bridgehead atoms. The van der Waals surface area contributed by atoms with Gasteiger partial charge in [0, 0.05) is 16.6 Å². The Balaban J connectivity index is 1.86. The topological polar surface area (TPSA) is 129 Å². The van der Waals surface area contributed by atoms with Crippen molar-refractivity contribution in [3.8, 4) is 5.75 Å². The Morgan fingerprint density at radius 1 is 1.31 bits per heavy atom. The lowest BCUT2D eigenvalue weighted by Gasteiger charge is -2.22. The van der Waals surface area contributed by atoms with Gasteiger partial charge in [0.05, 0.1) is 32.6 Å². The summed E-state index contributed by atoms with van der Waals surface area (Å²) in [6.07, 6.45) is 0.594. The van der Waals surface area contributed by atoms with Gasteiger partial charge in [-0.2, -0.15) is 0 Å². The van der Waals surface area contributed by atoms with E-state index < -0.39 is 28.5 Å². The number of hydrogen-bond acceptors (Lipinski definition) is 8. The predicted octanol–water partition coefficient (Wildman–Crippen LogP) is 6.13. The highest BCUT2D eigenvalue weighted by molar-refractivity contribution is 9.10. The number of carbonyl (C=O) groups is 1. The number of hydrogen-bond donors (Lipinski definition) is 2. The molecule has 1 heterocycles. The second-order valence-electron chi connectivity index (χ2n) is 8.52. The zero-order valence-corrected chi connectivity index (χ0v) is 21.5. The fourth-order valence-electron chi connectivity index (χ4n) is 2.95. The molecular weight excluding hydrogens is 549 g/mol. The standard InChI is InChI=1S/C22H22BrClFN5O5/c1-11(28-21(31)35-22(2,3)4)9-34-17-8-15-12(7-16(17)30(32)33)20(27-10-26-15)29-14-6-5-13(23)18(24)19(14)25/h5-8,10-11H,9H2,1-4H3,(H,28,31)(H,26,27,29)/t11-/m1/s1. The lowest BCUT2D eigenvalue weighted by molar-refractivity contribution is -0.385. The van der Waals surface area contributed by atoms with E-state index in [2.05, 4.69) is 36.5 Å². The number of anilines is 2. The van der Waals surface area contributed by atoms with Gasteiger partial charge in [0.25, 0.3) is 0 Å². The molecule has 2 aromatic carbocycles. The van der Waals surface area contributed by atoms with Crippen LogP contribution in [0.25, 0.3) is 10.9 Å². The van der Waals surface area contributed by atoms with Gasteiger partial charge in [-0.3, -0.25) is 10.1 Å². The third-order valence-electron chi connectivity index (χ3n) is 4.45. The van der Waals surface area contributed by atoms with Crippen LogP contribution in [0, 0.1) is 15.9 Å². The summed E-state index contributed by atoms with van der Waals surface area (Å²) in [7, 11) is 0. The molecule has 0 aliphatic heterocycles. The number of nitrogens with one attached hydrogen (secondary N) is 2. The van der Waals surface area contributed by atoms with Crippen molar-refractivity contribution in [1.29, 1.82) is 0 Å². The zero-order valence-electron chi connectivity index (χ0n) is 19.2. The summed E-state index contributed by atoms with van der Waals surface area (Å²) in [6, 6.07) is 5.11. The monoisotopic (exact) mass is 569 g/mol. The first-order valence-corrected chi connectivity index (χ1v) is 11.5. The number of alkyl carbamates (subject to hydrolysis) is 1. The van der Waals surface area contributed by atoms with Crippen LogP contribution in [0.5, 0.6) is 5.75 Å². The van der Waals surface area contributed by atoms with E-state index >= 15 is 0 Å². The Morgan fingerprint density at radius 3 is 2.69 bits per heavy atom. The Morgan fingerprint density at radius 2 is 2.03 bits per heavy atom. The highest BCUT2D eigenvalue weighted by Crippen LogP contribution is 2.36. The van der Waals surface area contributed by atoms with E-state index in [-0.39, 0.29) is 40.0 Å². The Hall–Kier alpha value is -3.25. The molecular formula is C22H22BrClFN5O5. The van der Waals surface area contributed by atoms with E-state index in [0.717, 1.165) is 0 Å². The summed E-state index contributed by atoms with van der Waals surface area (Å²) < 4.78 is 25.7. The van der Waals surface area contributed by atoms with Gasteiger partial charge >= 0.3 is 11.8 Å². The Bertz CT molecular complexity index is 1290. The summed E-state index contributed by atoms with van der Waals surface area (Å²) in [6.45, 7) is 6.80. The lowest BCUT2D eigenvalue weighted by Crippen LogP contribution is -2.40. The van der Waals surface area contributed by atoms with Gasteiger partial charge in [0.2, 0.25) is 0 Å². The van der Waals surface area contributed by atoms with Gasteiger partial charge in [-0.15, -0.1) is 0 Å². The average Bonchev–Trinajstić information content (AvgIpc) is 2.76. The van der Waals surface area contributed by atoms with E-state index in [0.29, 0.717) is 9.99 Å². The van der Waals surface area contributed by atoms with Crippen molar-refractivity contribution in [3.63, 3.8) is 0 Å². The maximum atomic E-state index is 14.5. The normalized spacial score (nSPS) is 12.2. The van der Waals surface area contributed by atoms with Crippen LogP contribution in [0.15, 0.2) is 35.1 Å². The van der Waals surface area contributed by atoms with E-state index in [1.165, 1.54) is 24.5 Å². The number of fused-ring (bicyclic) bond motifs is 1. The van der Waals surface area contributed by atoms with Gasteiger partial charge in [0.1, 0.15) is 24.4 Å². The van der Waals surface area contributed by atoms with E-state index in [4.69, 9.17) is 21.1 Å². The van der Waals surface area contributed by atoms with Crippen LogP contribution in [0.2, 0.25) is 5.02 Å². The Labute approximate surface area is 213 Å². The van der Waals surface area contributed by atoms with Gasteiger partial charge in [0.15, 0.2) is 11.6 Å². The highest BCUT2D eigenvalue weighted by Gasteiger charge is 2.22. The number of benzene rings is 2. The SMILES string of the molecule is C[C@H](COc1cc2ncnc(Nc3ccc(Br)c(Cl)c3F)c2cc1[N+](=O)[O-])NC(=O)OC(C)(C)C.